The fraction of sp³-hybridized carbons (Fsp3) is 0.261. The summed E-state index contributed by atoms with van der Waals surface area (Å²) in [6.45, 7) is 5.53. The van der Waals surface area contributed by atoms with E-state index in [0.717, 1.165) is 18.2 Å². The Morgan fingerprint density at radius 2 is 1.73 bits per heavy atom. The molecule has 3 aromatic rings. The first kappa shape index (κ1) is 24.0. The second-order valence-corrected chi connectivity index (χ2v) is 7.21. The zero-order valence-electron chi connectivity index (χ0n) is 18.1. The molecule has 0 radical (unpaired) electrons. The van der Waals surface area contributed by atoms with E-state index in [1.165, 1.54) is 6.07 Å². The number of ether oxygens (including phenoxy) is 1. The van der Waals surface area contributed by atoms with Crippen molar-refractivity contribution in [3.05, 3.63) is 65.4 Å². The first-order valence-electron chi connectivity index (χ1n) is 10.2. The van der Waals surface area contributed by atoms with Crippen LogP contribution in [0.4, 0.5) is 13.2 Å². The smallest absolute Gasteiger partial charge is 0.416 e. The molecule has 3 rings (SSSR count). The number of hydrogen-bond donors (Lipinski definition) is 2. The molecule has 1 amide bonds. The van der Waals surface area contributed by atoms with Gasteiger partial charge in [0.1, 0.15) is 17.2 Å². The van der Waals surface area contributed by atoms with Crippen molar-refractivity contribution in [2.45, 2.75) is 26.6 Å². The lowest BCUT2D eigenvalue weighted by Gasteiger charge is -2.21. The zero-order chi connectivity index (χ0) is 24.2. The van der Waals surface area contributed by atoms with Gasteiger partial charge in [0.15, 0.2) is 5.82 Å². The molecule has 2 aromatic carbocycles. The van der Waals surface area contributed by atoms with Crippen molar-refractivity contribution in [3.63, 3.8) is 0 Å². The van der Waals surface area contributed by atoms with E-state index < -0.39 is 23.5 Å². The van der Waals surface area contributed by atoms with E-state index in [2.05, 4.69) is 9.97 Å². The summed E-state index contributed by atoms with van der Waals surface area (Å²) < 4.78 is 45.6. The lowest BCUT2D eigenvalue weighted by molar-refractivity contribution is -0.137. The number of carbonyl (C=O) groups excluding carboxylic acids is 1. The highest BCUT2D eigenvalue weighted by molar-refractivity contribution is 5.91. The molecule has 0 aliphatic carbocycles. The Morgan fingerprint density at radius 1 is 1.06 bits per heavy atom. The molecular weight excluding hydrogens is 437 g/mol. The van der Waals surface area contributed by atoms with E-state index in [9.17, 15) is 23.1 Å². The Morgan fingerprint density at radius 3 is 2.30 bits per heavy atom. The topological polar surface area (TPSA) is 102 Å². The second-order valence-electron chi connectivity index (χ2n) is 7.21. The number of nitrogens with two attached hydrogens (primary N) is 1. The van der Waals surface area contributed by atoms with Crippen LogP contribution < -0.4 is 10.5 Å². The predicted octanol–water partition coefficient (Wildman–Crippen LogP) is 4.60. The highest BCUT2D eigenvalue weighted by Gasteiger charge is 2.31. The van der Waals surface area contributed by atoms with Crippen LogP contribution in [-0.4, -0.2) is 39.0 Å². The standard InChI is InChI=1S/C23H23F3N4O3/c1-3-30(4-2)13-15-11-16(23(24,25)26)7-10-19(15)33-17-8-5-14(6-9-17)22-28-18(21(27)32)12-20(31)29-22/h5-12H,3-4,13H2,1-2H3,(H2,27,32)(H,28,29,31). The third-order valence-electron chi connectivity index (χ3n) is 4.98. The predicted molar refractivity (Wildman–Crippen MR) is 116 cm³/mol. The van der Waals surface area contributed by atoms with Gasteiger partial charge in [0.25, 0.3) is 5.91 Å². The highest BCUT2D eigenvalue weighted by atomic mass is 19.4. The molecule has 0 fully saturated rings. The van der Waals surface area contributed by atoms with E-state index in [0.29, 0.717) is 42.3 Å². The minimum absolute atomic E-state index is 0.0899. The number of aromatic nitrogens is 2. The van der Waals surface area contributed by atoms with Crippen molar-refractivity contribution >= 4 is 5.91 Å². The maximum absolute atomic E-state index is 13.2. The van der Waals surface area contributed by atoms with Crippen LogP contribution in [0, 0.1) is 0 Å². The maximum Gasteiger partial charge on any atom is 0.416 e. The monoisotopic (exact) mass is 460 g/mol. The summed E-state index contributed by atoms with van der Waals surface area (Å²) in [6, 6.07) is 10.8. The summed E-state index contributed by atoms with van der Waals surface area (Å²) in [6.07, 6.45) is -4.46. The van der Waals surface area contributed by atoms with Gasteiger partial charge in [0.05, 0.1) is 5.56 Å². The Hall–Kier alpha value is -3.66. The van der Waals surface area contributed by atoms with Crippen molar-refractivity contribution in [1.29, 1.82) is 0 Å². The summed E-state index contributed by atoms with van der Waals surface area (Å²) >= 11 is 0. The number of carbonyl (C=O) groups is 1. The van der Waals surface area contributed by atoms with Gasteiger partial charge in [-0.15, -0.1) is 0 Å². The van der Waals surface area contributed by atoms with Gasteiger partial charge in [0, 0.05) is 23.7 Å². The second kappa shape index (κ2) is 9.86. The number of hydrogen-bond acceptors (Lipinski definition) is 6. The molecule has 7 nitrogen and oxygen atoms in total. The van der Waals surface area contributed by atoms with Crippen LogP contribution in [0.15, 0.2) is 48.5 Å². The van der Waals surface area contributed by atoms with Gasteiger partial charge in [-0.05, 0) is 55.6 Å². The summed E-state index contributed by atoms with van der Waals surface area (Å²) in [7, 11) is 0. The Balaban J connectivity index is 1.89. The van der Waals surface area contributed by atoms with E-state index in [1.54, 1.807) is 24.3 Å². The van der Waals surface area contributed by atoms with Gasteiger partial charge < -0.3 is 15.6 Å². The van der Waals surface area contributed by atoms with Gasteiger partial charge in [-0.2, -0.15) is 18.2 Å². The number of halogens is 3. The molecule has 0 atom stereocenters. The molecule has 0 spiro atoms. The number of nitrogens with zero attached hydrogens (tertiary/aromatic N) is 3. The summed E-state index contributed by atoms with van der Waals surface area (Å²) in [4.78, 5) is 21.2. The normalized spacial score (nSPS) is 11.6. The molecule has 3 N–H and O–H groups in total. The van der Waals surface area contributed by atoms with Crippen LogP contribution in [0.3, 0.4) is 0 Å². The van der Waals surface area contributed by atoms with E-state index in [1.807, 2.05) is 18.7 Å². The van der Waals surface area contributed by atoms with Gasteiger partial charge in [0.2, 0.25) is 5.88 Å². The SMILES string of the molecule is CCN(CC)Cc1cc(C(F)(F)F)ccc1Oc1ccc(-c2nc(O)cc(C(N)=O)n2)cc1. The van der Waals surface area contributed by atoms with Crippen molar-refractivity contribution in [3.8, 4) is 28.8 Å². The average Bonchev–Trinajstić information content (AvgIpc) is 2.77. The fourth-order valence-electron chi connectivity index (χ4n) is 3.16. The van der Waals surface area contributed by atoms with Crippen molar-refractivity contribution < 1.29 is 27.8 Å². The quantitative estimate of drug-likeness (QED) is 0.510. The Kier molecular flexibility index (Phi) is 7.17. The number of primary amides is 1. The van der Waals surface area contributed by atoms with Gasteiger partial charge >= 0.3 is 6.18 Å². The zero-order valence-corrected chi connectivity index (χ0v) is 18.1. The molecule has 1 aromatic heterocycles. The largest absolute Gasteiger partial charge is 0.493 e. The van der Waals surface area contributed by atoms with Crippen molar-refractivity contribution in [2.24, 2.45) is 5.73 Å². The van der Waals surface area contributed by atoms with Gasteiger partial charge in [-0.3, -0.25) is 9.69 Å². The van der Waals surface area contributed by atoms with E-state index >= 15 is 0 Å². The average molecular weight is 460 g/mol. The minimum Gasteiger partial charge on any atom is -0.493 e. The Bertz CT molecular complexity index is 1130. The number of benzene rings is 2. The molecule has 174 valence electrons. The lowest BCUT2D eigenvalue weighted by atomic mass is 10.1. The van der Waals surface area contributed by atoms with E-state index in [4.69, 9.17) is 10.5 Å². The van der Waals surface area contributed by atoms with Crippen LogP contribution in [0.25, 0.3) is 11.4 Å². The van der Waals surface area contributed by atoms with Crippen molar-refractivity contribution in [2.75, 3.05) is 13.1 Å². The third-order valence-corrected chi connectivity index (χ3v) is 4.98. The summed E-state index contributed by atoms with van der Waals surface area (Å²) in [5.74, 6) is -0.425. The first-order valence-corrected chi connectivity index (χ1v) is 10.2. The van der Waals surface area contributed by atoms with Crippen LogP contribution in [0.1, 0.15) is 35.5 Å². The van der Waals surface area contributed by atoms with Crippen molar-refractivity contribution in [1.82, 2.24) is 14.9 Å². The summed E-state index contributed by atoms with van der Waals surface area (Å²) in [5, 5.41) is 9.71. The maximum atomic E-state index is 13.2. The molecule has 33 heavy (non-hydrogen) atoms. The molecular formula is C23H23F3N4O3. The first-order chi connectivity index (χ1) is 15.6. The molecule has 0 aliphatic heterocycles. The summed E-state index contributed by atoms with van der Waals surface area (Å²) in [5.41, 5.74) is 5.24. The van der Waals surface area contributed by atoms with Crippen LogP contribution in [0.2, 0.25) is 0 Å². The molecule has 0 bridgehead atoms. The van der Waals surface area contributed by atoms with Crippen LogP contribution in [0.5, 0.6) is 17.4 Å². The third kappa shape index (κ3) is 5.98. The molecule has 10 heteroatoms. The minimum atomic E-state index is -4.46. The number of amides is 1. The number of aromatic hydroxyl groups is 1. The molecule has 0 aliphatic rings. The number of alkyl halides is 3. The highest BCUT2D eigenvalue weighted by Crippen LogP contribution is 2.35. The molecule has 0 unspecified atom stereocenters. The molecule has 0 saturated carbocycles. The number of rotatable bonds is 8. The van der Waals surface area contributed by atoms with Crippen LogP contribution in [-0.2, 0) is 12.7 Å². The fourth-order valence-corrected chi connectivity index (χ4v) is 3.16. The van der Waals surface area contributed by atoms with Gasteiger partial charge in [-0.25, -0.2) is 4.98 Å². The lowest BCUT2D eigenvalue weighted by Crippen LogP contribution is -2.22. The molecule has 0 saturated heterocycles. The van der Waals surface area contributed by atoms with Crippen LogP contribution >= 0.6 is 0 Å². The molecule has 1 heterocycles. The van der Waals surface area contributed by atoms with Gasteiger partial charge in [-0.1, -0.05) is 13.8 Å². The van der Waals surface area contributed by atoms with E-state index in [-0.39, 0.29) is 11.5 Å². The Labute approximate surface area is 188 Å².